The Hall–Kier alpha value is -2.15. The second-order valence-corrected chi connectivity index (χ2v) is 10.8. The maximum atomic E-state index is 11.3. The number of aromatic nitrogens is 1. The molecule has 7 heteroatoms. The molecule has 0 aromatic carbocycles. The van der Waals surface area contributed by atoms with Crippen LogP contribution in [0.4, 0.5) is 5.82 Å². The van der Waals surface area contributed by atoms with Crippen molar-refractivity contribution >= 4 is 17.8 Å². The first-order valence-corrected chi connectivity index (χ1v) is 13.5. The van der Waals surface area contributed by atoms with Crippen LogP contribution in [0.2, 0.25) is 0 Å². The Balaban J connectivity index is 1.47. The van der Waals surface area contributed by atoms with E-state index in [0.29, 0.717) is 24.7 Å². The molecule has 1 N–H and O–H groups in total. The number of hydrogen-bond acceptors (Lipinski definition) is 7. The number of hydrogen-bond donors (Lipinski definition) is 1. The number of esters is 2. The molecule has 35 heavy (non-hydrogen) atoms. The lowest BCUT2D eigenvalue weighted by Crippen LogP contribution is -2.41. The number of likely N-dealkylation sites (tertiary alicyclic amines) is 1. The molecular formula is C28H45N3O4. The molecule has 3 rings (SSSR count). The van der Waals surface area contributed by atoms with Crippen molar-refractivity contribution in [3.63, 3.8) is 0 Å². The topological polar surface area (TPSA) is 80.8 Å². The van der Waals surface area contributed by atoms with Crippen LogP contribution < -0.4 is 5.32 Å². The van der Waals surface area contributed by atoms with Crippen molar-refractivity contribution in [1.82, 2.24) is 9.88 Å². The van der Waals surface area contributed by atoms with E-state index in [1.54, 1.807) is 0 Å². The van der Waals surface area contributed by atoms with Crippen molar-refractivity contribution in [2.75, 3.05) is 38.2 Å². The Kier molecular flexibility index (Phi) is 10.8. The van der Waals surface area contributed by atoms with Gasteiger partial charge in [-0.2, -0.15) is 0 Å². The lowest BCUT2D eigenvalue weighted by Gasteiger charge is -2.41. The Morgan fingerprint density at radius 1 is 1.06 bits per heavy atom. The van der Waals surface area contributed by atoms with E-state index in [-0.39, 0.29) is 17.9 Å². The van der Waals surface area contributed by atoms with E-state index in [9.17, 15) is 9.59 Å². The fourth-order valence-electron chi connectivity index (χ4n) is 5.58. The lowest BCUT2D eigenvalue weighted by atomic mass is 9.68. The largest absolute Gasteiger partial charge is 0.465 e. The molecule has 0 amide bonds. The molecule has 1 aliphatic heterocycles. The molecule has 2 heterocycles. The summed E-state index contributed by atoms with van der Waals surface area (Å²) in [6, 6.07) is 4.68. The number of carbonyl (C=O) groups excluding carboxylic acids is 2. The smallest absolute Gasteiger partial charge is 0.302 e. The van der Waals surface area contributed by atoms with Crippen molar-refractivity contribution in [3.05, 3.63) is 23.9 Å². The first-order valence-electron chi connectivity index (χ1n) is 13.5. The standard InChI is InChI=1S/C28H45N3O4/c1-22-7-8-27(29-19-22)30-26-10-16-31(17-11-26)18-15-28(12-5-4-6-13-28)14-9-25(20-34-23(2)32)21-35-24(3)33/h7-8,19,25-26H,4-6,9-18,20-21H2,1-3H3,(H,29,30). The molecule has 0 unspecified atom stereocenters. The number of carbonyl (C=O) groups is 2. The Morgan fingerprint density at radius 2 is 1.71 bits per heavy atom. The van der Waals surface area contributed by atoms with Crippen LogP contribution in [-0.4, -0.2) is 60.7 Å². The fraction of sp³-hybridized carbons (Fsp3) is 0.750. The van der Waals surface area contributed by atoms with Gasteiger partial charge in [0.25, 0.3) is 0 Å². The van der Waals surface area contributed by atoms with E-state index in [1.165, 1.54) is 57.9 Å². The van der Waals surface area contributed by atoms with E-state index >= 15 is 0 Å². The second-order valence-electron chi connectivity index (χ2n) is 10.8. The highest BCUT2D eigenvalue weighted by Crippen LogP contribution is 2.44. The number of pyridine rings is 1. The zero-order valence-electron chi connectivity index (χ0n) is 22.0. The van der Waals surface area contributed by atoms with Crippen LogP contribution in [0, 0.1) is 18.3 Å². The minimum Gasteiger partial charge on any atom is -0.465 e. The van der Waals surface area contributed by atoms with Crippen LogP contribution in [0.5, 0.6) is 0 Å². The highest BCUT2D eigenvalue weighted by molar-refractivity contribution is 5.66. The van der Waals surface area contributed by atoms with Gasteiger partial charge in [0.2, 0.25) is 0 Å². The summed E-state index contributed by atoms with van der Waals surface area (Å²) in [4.78, 5) is 29.8. The first-order chi connectivity index (χ1) is 16.8. The zero-order chi connectivity index (χ0) is 25.1. The number of ether oxygens (including phenoxy) is 2. The van der Waals surface area contributed by atoms with Gasteiger partial charge in [0.1, 0.15) is 5.82 Å². The van der Waals surface area contributed by atoms with E-state index in [2.05, 4.69) is 34.3 Å². The van der Waals surface area contributed by atoms with Crippen LogP contribution in [0.15, 0.2) is 18.3 Å². The third-order valence-corrected chi connectivity index (χ3v) is 7.85. The summed E-state index contributed by atoms with van der Waals surface area (Å²) in [5.74, 6) is 0.494. The third kappa shape index (κ3) is 9.79. The normalized spacial score (nSPS) is 18.9. The minimum atomic E-state index is -0.277. The minimum absolute atomic E-state index is 0.0683. The van der Waals surface area contributed by atoms with E-state index in [0.717, 1.165) is 51.1 Å². The van der Waals surface area contributed by atoms with Crippen molar-refractivity contribution < 1.29 is 19.1 Å². The van der Waals surface area contributed by atoms with Gasteiger partial charge in [-0.15, -0.1) is 0 Å². The number of nitrogens with zero attached hydrogens (tertiary/aromatic N) is 2. The van der Waals surface area contributed by atoms with Crippen LogP contribution in [0.25, 0.3) is 0 Å². The van der Waals surface area contributed by atoms with Gasteiger partial charge in [0, 0.05) is 45.1 Å². The Bertz CT molecular complexity index is 766. The maximum absolute atomic E-state index is 11.3. The van der Waals surface area contributed by atoms with Gasteiger partial charge in [-0.05, 0) is 75.5 Å². The third-order valence-electron chi connectivity index (χ3n) is 7.85. The Labute approximate surface area is 211 Å². The zero-order valence-corrected chi connectivity index (χ0v) is 22.0. The van der Waals surface area contributed by atoms with Crippen molar-refractivity contribution in [2.24, 2.45) is 11.3 Å². The number of nitrogens with one attached hydrogen (secondary N) is 1. The highest BCUT2D eigenvalue weighted by Gasteiger charge is 2.33. The molecule has 7 nitrogen and oxygen atoms in total. The highest BCUT2D eigenvalue weighted by atomic mass is 16.5. The molecule has 2 fully saturated rings. The monoisotopic (exact) mass is 487 g/mol. The Morgan fingerprint density at radius 3 is 2.29 bits per heavy atom. The van der Waals surface area contributed by atoms with Gasteiger partial charge in [-0.25, -0.2) is 4.98 Å². The summed E-state index contributed by atoms with van der Waals surface area (Å²) in [6.45, 7) is 8.98. The molecule has 0 spiro atoms. The number of rotatable bonds is 12. The van der Waals surface area contributed by atoms with Gasteiger partial charge in [-0.3, -0.25) is 9.59 Å². The molecule has 196 valence electrons. The number of anilines is 1. The molecule has 1 aromatic rings. The number of piperidine rings is 1. The average Bonchev–Trinajstić information content (AvgIpc) is 2.85. The predicted octanol–water partition coefficient (Wildman–Crippen LogP) is 5.13. The molecule has 1 aliphatic carbocycles. The van der Waals surface area contributed by atoms with E-state index in [4.69, 9.17) is 9.47 Å². The first kappa shape index (κ1) is 27.4. The van der Waals surface area contributed by atoms with Crippen LogP contribution >= 0.6 is 0 Å². The van der Waals surface area contributed by atoms with Crippen molar-refractivity contribution in [3.8, 4) is 0 Å². The molecule has 1 saturated carbocycles. The summed E-state index contributed by atoms with van der Waals surface area (Å²) in [5, 5.41) is 3.60. The van der Waals surface area contributed by atoms with Crippen molar-refractivity contribution in [2.45, 2.75) is 91.0 Å². The van der Waals surface area contributed by atoms with Crippen LogP contribution in [0.3, 0.4) is 0 Å². The van der Waals surface area contributed by atoms with Gasteiger partial charge < -0.3 is 19.7 Å². The van der Waals surface area contributed by atoms with E-state index in [1.807, 2.05) is 6.20 Å². The summed E-state index contributed by atoms with van der Waals surface area (Å²) in [7, 11) is 0. The molecular weight excluding hydrogens is 442 g/mol. The molecule has 0 atom stereocenters. The number of aryl methyl sites for hydroxylation is 1. The van der Waals surface area contributed by atoms with E-state index < -0.39 is 0 Å². The lowest BCUT2D eigenvalue weighted by molar-refractivity contribution is -0.146. The summed E-state index contributed by atoms with van der Waals surface area (Å²) in [5.41, 5.74) is 1.54. The SMILES string of the molecule is CC(=O)OCC(CCC1(CCN2CCC(Nc3ccc(C)cn3)CC2)CCCCC1)COC(C)=O. The second kappa shape index (κ2) is 13.8. The van der Waals surface area contributed by atoms with Crippen molar-refractivity contribution in [1.29, 1.82) is 0 Å². The van der Waals surface area contributed by atoms with Crippen LogP contribution in [-0.2, 0) is 19.1 Å². The van der Waals surface area contributed by atoms with Gasteiger partial charge in [0.15, 0.2) is 0 Å². The average molecular weight is 488 g/mol. The quantitative estimate of drug-likeness (QED) is 0.409. The van der Waals surface area contributed by atoms with Gasteiger partial charge in [0.05, 0.1) is 13.2 Å². The van der Waals surface area contributed by atoms with Gasteiger partial charge >= 0.3 is 11.9 Å². The molecule has 1 aromatic heterocycles. The summed E-state index contributed by atoms with van der Waals surface area (Å²) < 4.78 is 10.5. The molecule has 0 bridgehead atoms. The molecule has 2 aliphatic rings. The maximum Gasteiger partial charge on any atom is 0.302 e. The van der Waals surface area contributed by atoms with Crippen LogP contribution in [0.1, 0.15) is 83.6 Å². The predicted molar refractivity (Wildman–Crippen MR) is 138 cm³/mol. The summed E-state index contributed by atoms with van der Waals surface area (Å²) in [6.07, 6.45) is 14.0. The summed E-state index contributed by atoms with van der Waals surface area (Å²) >= 11 is 0. The molecule has 0 radical (unpaired) electrons. The van der Waals surface area contributed by atoms with Gasteiger partial charge in [-0.1, -0.05) is 25.3 Å². The molecule has 1 saturated heterocycles. The fourth-order valence-corrected chi connectivity index (χ4v) is 5.58.